The second kappa shape index (κ2) is 6.56. The van der Waals surface area contributed by atoms with E-state index in [1.165, 1.54) is 16.7 Å². The Balaban J connectivity index is 2.00. The number of aryl methyl sites for hydroxylation is 2. The minimum Gasteiger partial charge on any atom is -0.373 e. The van der Waals surface area contributed by atoms with Gasteiger partial charge in [-0.1, -0.05) is 30.3 Å². The molecule has 0 atom stereocenters. The van der Waals surface area contributed by atoms with Crippen LogP contribution in [0.1, 0.15) is 11.1 Å². The van der Waals surface area contributed by atoms with Crippen molar-refractivity contribution in [3.05, 3.63) is 72.1 Å². The van der Waals surface area contributed by atoms with Gasteiger partial charge in [0.05, 0.1) is 5.52 Å². The third kappa shape index (κ3) is 2.69. The van der Waals surface area contributed by atoms with Gasteiger partial charge >= 0.3 is 0 Å². The molecular formula is C22H20N4. The van der Waals surface area contributed by atoms with Gasteiger partial charge in [0.15, 0.2) is 5.82 Å². The van der Waals surface area contributed by atoms with E-state index in [2.05, 4.69) is 65.5 Å². The van der Waals surface area contributed by atoms with Crippen LogP contribution in [0, 0.1) is 13.8 Å². The van der Waals surface area contributed by atoms with Crippen LogP contribution in [0.2, 0.25) is 0 Å². The van der Waals surface area contributed by atoms with E-state index in [-0.39, 0.29) is 0 Å². The van der Waals surface area contributed by atoms with Gasteiger partial charge in [0.25, 0.3) is 0 Å². The molecule has 26 heavy (non-hydrogen) atoms. The van der Waals surface area contributed by atoms with E-state index in [9.17, 15) is 0 Å². The van der Waals surface area contributed by atoms with E-state index < -0.39 is 0 Å². The van der Waals surface area contributed by atoms with Crippen molar-refractivity contribution < 1.29 is 0 Å². The van der Waals surface area contributed by atoms with Crippen LogP contribution in [0.4, 0.5) is 5.82 Å². The van der Waals surface area contributed by atoms with Crippen molar-refractivity contribution in [3.8, 4) is 22.5 Å². The SMILES string of the molecule is CNc1nc(-c2cccnc2)nc2c(C)c(-c3ccccc3C)ccc12. The van der Waals surface area contributed by atoms with Crippen LogP contribution >= 0.6 is 0 Å². The molecule has 0 unspecified atom stereocenters. The van der Waals surface area contributed by atoms with Crippen LogP contribution in [0.3, 0.4) is 0 Å². The van der Waals surface area contributed by atoms with Gasteiger partial charge in [0, 0.05) is 30.4 Å². The van der Waals surface area contributed by atoms with Gasteiger partial charge in [-0.25, -0.2) is 9.97 Å². The van der Waals surface area contributed by atoms with Gasteiger partial charge in [-0.2, -0.15) is 0 Å². The van der Waals surface area contributed by atoms with Gasteiger partial charge in [0.2, 0.25) is 0 Å². The predicted molar refractivity (Wildman–Crippen MR) is 107 cm³/mol. The van der Waals surface area contributed by atoms with Crippen molar-refractivity contribution in [2.45, 2.75) is 13.8 Å². The number of hydrogen-bond donors (Lipinski definition) is 1. The highest BCUT2D eigenvalue weighted by atomic mass is 15.0. The Bertz CT molecular complexity index is 1090. The Kier molecular flexibility index (Phi) is 4.09. The first-order valence-electron chi connectivity index (χ1n) is 8.64. The summed E-state index contributed by atoms with van der Waals surface area (Å²) in [7, 11) is 1.89. The molecule has 4 heteroatoms. The van der Waals surface area contributed by atoms with Crippen LogP contribution in [-0.2, 0) is 0 Å². The summed E-state index contributed by atoms with van der Waals surface area (Å²) in [6.45, 7) is 4.27. The fraction of sp³-hybridized carbons (Fsp3) is 0.136. The maximum absolute atomic E-state index is 4.88. The van der Waals surface area contributed by atoms with Crippen molar-refractivity contribution in [1.29, 1.82) is 0 Å². The van der Waals surface area contributed by atoms with Crippen molar-refractivity contribution in [1.82, 2.24) is 15.0 Å². The molecule has 1 N–H and O–H groups in total. The molecule has 2 aromatic carbocycles. The number of nitrogens with one attached hydrogen (secondary N) is 1. The lowest BCUT2D eigenvalue weighted by Crippen LogP contribution is -2.01. The van der Waals surface area contributed by atoms with Gasteiger partial charge in [-0.15, -0.1) is 0 Å². The van der Waals surface area contributed by atoms with Crippen LogP contribution in [0.15, 0.2) is 60.9 Å². The molecule has 128 valence electrons. The Morgan fingerprint density at radius 3 is 2.42 bits per heavy atom. The molecule has 0 aliphatic heterocycles. The smallest absolute Gasteiger partial charge is 0.163 e. The minimum absolute atomic E-state index is 0.681. The van der Waals surface area contributed by atoms with Crippen LogP contribution < -0.4 is 5.32 Å². The van der Waals surface area contributed by atoms with Gasteiger partial charge in [-0.3, -0.25) is 4.98 Å². The zero-order valence-corrected chi connectivity index (χ0v) is 15.1. The molecule has 0 spiro atoms. The zero-order chi connectivity index (χ0) is 18.1. The molecule has 0 aliphatic carbocycles. The lowest BCUT2D eigenvalue weighted by molar-refractivity contribution is 1.19. The second-order valence-electron chi connectivity index (χ2n) is 6.34. The van der Waals surface area contributed by atoms with Crippen molar-refractivity contribution in [2.24, 2.45) is 0 Å². The molecule has 4 nitrogen and oxygen atoms in total. The van der Waals surface area contributed by atoms with Crippen LogP contribution in [-0.4, -0.2) is 22.0 Å². The number of pyridine rings is 1. The Hall–Kier alpha value is -3.27. The average Bonchev–Trinajstić information content (AvgIpc) is 2.69. The average molecular weight is 340 g/mol. The molecule has 0 amide bonds. The van der Waals surface area contributed by atoms with E-state index in [1.807, 2.05) is 19.2 Å². The summed E-state index contributed by atoms with van der Waals surface area (Å²) in [5, 5.41) is 4.23. The largest absolute Gasteiger partial charge is 0.373 e. The topological polar surface area (TPSA) is 50.7 Å². The van der Waals surface area contributed by atoms with Crippen LogP contribution in [0.25, 0.3) is 33.4 Å². The predicted octanol–water partition coefficient (Wildman–Crippen LogP) is 5.02. The quantitative estimate of drug-likeness (QED) is 0.569. The lowest BCUT2D eigenvalue weighted by atomic mass is 9.95. The van der Waals surface area contributed by atoms with Gasteiger partial charge in [0.1, 0.15) is 5.82 Å². The third-order valence-corrected chi connectivity index (χ3v) is 4.71. The van der Waals surface area contributed by atoms with Crippen molar-refractivity contribution in [2.75, 3.05) is 12.4 Å². The molecule has 0 aliphatic rings. The van der Waals surface area contributed by atoms with E-state index in [0.717, 1.165) is 27.8 Å². The fourth-order valence-electron chi connectivity index (χ4n) is 3.31. The summed E-state index contributed by atoms with van der Waals surface area (Å²) >= 11 is 0. The highest BCUT2D eigenvalue weighted by Crippen LogP contribution is 2.34. The third-order valence-electron chi connectivity index (χ3n) is 4.71. The first-order valence-corrected chi connectivity index (χ1v) is 8.64. The fourth-order valence-corrected chi connectivity index (χ4v) is 3.31. The molecule has 0 bridgehead atoms. The number of anilines is 1. The minimum atomic E-state index is 0.681. The number of fused-ring (bicyclic) bond motifs is 1. The summed E-state index contributed by atoms with van der Waals surface area (Å²) in [4.78, 5) is 13.8. The highest BCUT2D eigenvalue weighted by molar-refractivity contribution is 5.96. The lowest BCUT2D eigenvalue weighted by Gasteiger charge is -2.14. The summed E-state index contributed by atoms with van der Waals surface area (Å²) in [5.41, 5.74) is 6.72. The first kappa shape index (κ1) is 16.2. The number of aromatic nitrogens is 3. The maximum atomic E-state index is 4.88. The van der Waals surface area contributed by atoms with Crippen LogP contribution in [0.5, 0.6) is 0 Å². The number of hydrogen-bond acceptors (Lipinski definition) is 4. The van der Waals surface area contributed by atoms with Gasteiger partial charge < -0.3 is 5.32 Å². The molecule has 0 saturated heterocycles. The van der Waals surface area contributed by atoms with Gasteiger partial charge in [-0.05, 0) is 54.3 Å². The Labute approximate surface area is 153 Å². The number of benzene rings is 2. The second-order valence-corrected chi connectivity index (χ2v) is 6.34. The summed E-state index contributed by atoms with van der Waals surface area (Å²) in [6.07, 6.45) is 3.55. The maximum Gasteiger partial charge on any atom is 0.163 e. The monoisotopic (exact) mass is 340 g/mol. The van der Waals surface area contributed by atoms with Crippen molar-refractivity contribution in [3.63, 3.8) is 0 Å². The van der Waals surface area contributed by atoms with E-state index in [0.29, 0.717) is 5.82 Å². The highest BCUT2D eigenvalue weighted by Gasteiger charge is 2.14. The normalized spacial score (nSPS) is 10.9. The van der Waals surface area contributed by atoms with Crippen molar-refractivity contribution >= 4 is 16.7 Å². The summed E-state index contributed by atoms with van der Waals surface area (Å²) < 4.78 is 0. The first-order chi connectivity index (χ1) is 12.7. The molecule has 0 radical (unpaired) electrons. The molecule has 4 rings (SSSR count). The Morgan fingerprint density at radius 2 is 1.69 bits per heavy atom. The number of nitrogens with zero attached hydrogens (tertiary/aromatic N) is 3. The molecule has 0 saturated carbocycles. The Morgan fingerprint density at radius 1 is 0.846 bits per heavy atom. The zero-order valence-electron chi connectivity index (χ0n) is 15.1. The molecular weight excluding hydrogens is 320 g/mol. The summed E-state index contributed by atoms with van der Waals surface area (Å²) in [5.74, 6) is 1.51. The van der Waals surface area contributed by atoms with E-state index in [4.69, 9.17) is 4.98 Å². The number of rotatable bonds is 3. The molecule has 0 fully saturated rings. The van der Waals surface area contributed by atoms with E-state index >= 15 is 0 Å². The molecule has 2 heterocycles. The molecule has 4 aromatic rings. The standard InChI is InChI=1S/C22H20N4/c1-14-7-4-5-9-17(14)18-10-11-19-20(15(18)2)25-21(26-22(19)23-3)16-8-6-12-24-13-16/h4-13H,1-3H3,(H,23,25,26). The van der Waals surface area contributed by atoms with E-state index in [1.54, 1.807) is 12.4 Å². The summed E-state index contributed by atoms with van der Waals surface area (Å²) in [6, 6.07) is 16.6. The molecule has 2 aromatic heterocycles.